The summed E-state index contributed by atoms with van der Waals surface area (Å²) in [5, 5.41) is 9.71. The highest BCUT2D eigenvalue weighted by molar-refractivity contribution is 5.31. The molecule has 2 saturated heterocycles. The first-order valence-electron chi connectivity index (χ1n) is 8.59. The lowest BCUT2D eigenvalue weighted by Gasteiger charge is -2.39. The van der Waals surface area contributed by atoms with Gasteiger partial charge in [0.05, 0.1) is 0 Å². The monoisotopic (exact) mass is 329 g/mol. The minimum Gasteiger partial charge on any atom is -0.508 e. The minimum absolute atomic E-state index is 0.185. The van der Waals surface area contributed by atoms with Crippen LogP contribution in [-0.2, 0) is 6.54 Å². The van der Waals surface area contributed by atoms with Crippen molar-refractivity contribution in [2.24, 2.45) is 0 Å². The molecule has 0 saturated carbocycles. The molecule has 2 aromatic rings. The van der Waals surface area contributed by atoms with E-state index in [0.29, 0.717) is 30.3 Å². The van der Waals surface area contributed by atoms with Gasteiger partial charge in [0.1, 0.15) is 17.4 Å². The summed E-state index contributed by atoms with van der Waals surface area (Å²) in [5.41, 5.74) is 1.36. The van der Waals surface area contributed by atoms with Crippen LogP contribution in [0.4, 0.5) is 8.78 Å². The highest BCUT2D eigenvalue weighted by atomic mass is 19.1. The maximum absolute atomic E-state index is 14.0. The lowest BCUT2D eigenvalue weighted by Crippen LogP contribution is -2.42. The van der Waals surface area contributed by atoms with E-state index in [4.69, 9.17) is 0 Å². The smallest absolute Gasteiger partial charge is 0.130 e. The second-order valence-electron chi connectivity index (χ2n) is 7.02. The van der Waals surface area contributed by atoms with E-state index in [0.717, 1.165) is 25.7 Å². The van der Waals surface area contributed by atoms with E-state index < -0.39 is 11.6 Å². The largest absolute Gasteiger partial charge is 0.508 e. The van der Waals surface area contributed by atoms with Crippen molar-refractivity contribution in [2.45, 2.75) is 50.2 Å². The molecule has 0 aliphatic carbocycles. The summed E-state index contributed by atoms with van der Waals surface area (Å²) in [7, 11) is 0. The van der Waals surface area contributed by atoms with Gasteiger partial charge in [0, 0.05) is 24.2 Å². The van der Waals surface area contributed by atoms with Crippen molar-refractivity contribution in [3.8, 4) is 5.75 Å². The quantitative estimate of drug-likeness (QED) is 0.891. The molecule has 2 bridgehead atoms. The van der Waals surface area contributed by atoms with Gasteiger partial charge in [0.25, 0.3) is 0 Å². The number of benzene rings is 2. The number of fused-ring (bicyclic) bond motifs is 2. The van der Waals surface area contributed by atoms with Crippen LogP contribution in [0.5, 0.6) is 5.75 Å². The van der Waals surface area contributed by atoms with Crippen molar-refractivity contribution in [2.75, 3.05) is 0 Å². The Morgan fingerprint density at radius 2 is 1.58 bits per heavy atom. The van der Waals surface area contributed by atoms with E-state index in [-0.39, 0.29) is 5.56 Å². The Labute approximate surface area is 140 Å². The summed E-state index contributed by atoms with van der Waals surface area (Å²) in [6.45, 7) is 0.348. The van der Waals surface area contributed by atoms with Crippen LogP contribution in [0.2, 0.25) is 0 Å². The molecule has 2 aromatic carbocycles. The van der Waals surface area contributed by atoms with Gasteiger partial charge in [-0.25, -0.2) is 8.78 Å². The fraction of sp³-hybridized carbons (Fsp3) is 0.400. The van der Waals surface area contributed by atoms with Crippen LogP contribution in [0, 0.1) is 11.6 Å². The van der Waals surface area contributed by atoms with Gasteiger partial charge in [-0.2, -0.15) is 0 Å². The van der Waals surface area contributed by atoms with Crippen molar-refractivity contribution in [1.82, 2.24) is 4.90 Å². The maximum Gasteiger partial charge on any atom is 0.130 e. The zero-order valence-electron chi connectivity index (χ0n) is 13.5. The van der Waals surface area contributed by atoms with Gasteiger partial charge in [0.2, 0.25) is 0 Å². The Hall–Kier alpha value is -1.94. The van der Waals surface area contributed by atoms with E-state index in [1.807, 2.05) is 12.1 Å². The third kappa shape index (κ3) is 2.80. The standard InChI is InChI=1S/C20H21F2NO/c21-19-5-2-6-20(22)18(19)12-23-15-7-8-16(23)10-14(9-15)13-3-1-4-17(24)11-13/h1-6,11,14-16,24H,7-10,12H2/t15-,16-/m1/s1. The predicted molar refractivity (Wildman–Crippen MR) is 88.8 cm³/mol. The van der Waals surface area contributed by atoms with Crippen molar-refractivity contribution in [1.29, 1.82) is 0 Å². The normalized spacial score (nSPS) is 26.7. The second-order valence-corrected chi connectivity index (χ2v) is 7.02. The van der Waals surface area contributed by atoms with Gasteiger partial charge in [-0.05, 0) is 61.4 Å². The number of phenolic OH excluding ortho intramolecular Hbond substituents is 1. The van der Waals surface area contributed by atoms with Gasteiger partial charge in [-0.3, -0.25) is 4.90 Å². The fourth-order valence-electron chi connectivity index (χ4n) is 4.45. The van der Waals surface area contributed by atoms with Crippen LogP contribution in [0.25, 0.3) is 0 Å². The molecule has 2 aliphatic heterocycles. The number of hydrogen-bond acceptors (Lipinski definition) is 2. The van der Waals surface area contributed by atoms with Crippen LogP contribution >= 0.6 is 0 Å². The number of nitrogens with zero attached hydrogens (tertiary/aromatic N) is 1. The van der Waals surface area contributed by atoms with E-state index in [2.05, 4.69) is 11.0 Å². The van der Waals surface area contributed by atoms with Gasteiger partial charge in [0.15, 0.2) is 0 Å². The molecule has 4 heteroatoms. The van der Waals surface area contributed by atoms with Crippen molar-refractivity contribution in [3.05, 3.63) is 65.2 Å². The van der Waals surface area contributed by atoms with Gasteiger partial charge < -0.3 is 5.11 Å². The van der Waals surface area contributed by atoms with Crippen LogP contribution in [-0.4, -0.2) is 22.1 Å². The maximum atomic E-state index is 14.0. The molecule has 1 N–H and O–H groups in total. The average molecular weight is 329 g/mol. The molecule has 0 spiro atoms. The SMILES string of the molecule is Oc1cccc(C2C[C@H]3CC[C@H](C2)N3Cc2c(F)cccc2F)c1. The lowest BCUT2D eigenvalue weighted by atomic mass is 9.85. The number of halogens is 2. The summed E-state index contributed by atoms with van der Waals surface area (Å²) < 4.78 is 27.9. The molecule has 0 amide bonds. The Morgan fingerprint density at radius 3 is 2.21 bits per heavy atom. The summed E-state index contributed by atoms with van der Waals surface area (Å²) in [6.07, 6.45) is 4.12. The Kier molecular flexibility index (Phi) is 4.01. The van der Waals surface area contributed by atoms with Gasteiger partial charge in [-0.15, -0.1) is 0 Å². The van der Waals surface area contributed by atoms with Crippen LogP contribution in [0.3, 0.4) is 0 Å². The molecular weight excluding hydrogens is 308 g/mol. The van der Waals surface area contributed by atoms with Crippen molar-refractivity contribution < 1.29 is 13.9 Å². The van der Waals surface area contributed by atoms with Crippen molar-refractivity contribution >= 4 is 0 Å². The molecular formula is C20H21F2NO. The zero-order valence-corrected chi connectivity index (χ0v) is 13.5. The number of piperidine rings is 1. The number of phenols is 1. The lowest BCUT2D eigenvalue weighted by molar-refractivity contribution is 0.115. The number of rotatable bonds is 3. The first kappa shape index (κ1) is 15.6. The zero-order chi connectivity index (χ0) is 16.7. The molecule has 2 heterocycles. The first-order chi connectivity index (χ1) is 11.6. The Balaban J connectivity index is 1.53. The molecule has 2 aliphatic rings. The Bertz CT molecular complexity index is 714. The van der Waals surface area contributed by atoms with E-state index in [9.17, 15) is 13.9 Å². The molecule has 24 heavy (non-hydrogen) atoms. The fourth-order valence-corrected chi connectivity index (χ4v) is 4.45. The summed E-state index contributed by atoms with van der Waals surface area (Å²) in [4.78, 5) is 2.28. The second kappa shape index (κ2) is 6.17. The molecule has 0 unspecified atom stereocenters. The third-order valence-electron chi connectivity index (χ3n) is 5.63. The Morgan fingerprint density at radius 1 is 0.958 bits per heavy atom. The molecule has 126 valence electrons. The number of aromatic hydroxyl groups is 1. The van der Waals surface area contributed by atoms with E-state index >= 15 is 0 Å². The van der Waals surface area contributed by atoms with E-state index in [1.165, 1.54) is 23.8 Å². The van der Waals surface area contributed by atoms with E-state index in [1.54, 1.807) is 6.07 Å². The minimum atomic E-state index is -0.454. The van der Waals surface area contributed by atoms with Gasteiger partial charge >= 0.3 is 0 Å². The van der Waals surface area contributed by atoms with Crippen LogP contribution in [0.15, 0.2) is 42.5 Å². The highest BCUT2D eigenvalue weighted by Crippen LogP contribution is 2.44. The summed E-state index contributed by atoms with van der Waals surface area (Å²) in [5.74, 6) is -0.193. The highest BCUT2D eigenvalue weighted by Gasteiger charge is 2.41. The van der Waals surface area contributed by atoms with Gasteiger partial charge in [-0.1, -0.05) is 18.2 Å². The molecule has 0 aromatic heterocycles. The molecule has 4 rings (SSSR count). The third-order valence-corrected chi connectivity index (χ3v) is 5.63. The van der Waals surface area contributed by atoms with Crippen LogP contribution < -0.4 is 0 Å². The first-order valence-corrected chi connectivity index (χ1v) is 8.59. The topological polar surface area (TPSA) is 23.5 Å². The van der Waals surface area contributed by atoms with Crippen molar-refractivity contribution in [3.63, 3.8) is 0 Å². The average Bonchev–Trinajstić information content (AvgIpc) is 2.79. The predicted octanol–water partition coefficient (Wildman–Crippen LogP) is 4.58. The van der Waals surface area contributed by atoms with Crippen LogP contribution in [0.1, 0.15) is 42.7 Å². The molecule has 0 radical (unpaired) electrons. The molecule has 2 atom stereocenters. The summed E-state index contributed by atoms with van der Waals surface area (Å²) >= 11 is 0. The summed E-state index contributed by atoms with van der Waals surface area (Å²) in [6, 6.07) is 12.3. The number of hydrogen-bond donors (Lipinski definition) is 1. The molecule has 2 nitrogen and oxygen atoms in total. The molecule has 2 fully saturated rings.